The fourth-order valence-corrected chi connectivity index (χ4v) is 2.69. The molecule has 0 fully saturated rings. The van der Waals surface area contributed by atoms with E-state index in [1.54, 1.807) is 0 Å². The number of nitrogens with one attached hydrogen (secondary N) is 1. The maximum Gasteiger partial charge on any atom is 0.120 e. The summed E-state index contributed by atoms with van der Waals surface area (Å²) >= 11 is 0. The molecule has 0 saturated carbocycles. The second-order valence-corrected chi connectivity index (χ2v) is 5.98. The van der Waals surface area contributed by atoms with Crippen molar-refractivity contribution in [3.63, 3.8) is 0 Å². The van der Waals surface area contributed by atoms with E-state index < -0.39 is 0 Å². The molecule has 0 aliphatic carbocycles. The molecule has 2 rings (SSSR count). The van der Waals surface area contributed by atoms with E-state index in [9.17, 15) is 0 Å². The fourth-order valence-electron chi connectivity index (χ4n) is 2.69. The number of ether oxygens (including phenoxy) is 1. The predicted molar refractivity (Wildman–Crippen MR) is 101 cm³/mol. The highest BCUT2D eigenvalue weighted by molar-refractivity contribution is 5.29. The van der Waals surface area contributed by atoms with Gasteiger partial charge in [0.05, 0.1) is 0 Å². The Labute approximate surface area is 146 Å². The molecule has 0 amide bonds. The molecule has 0 aromatic heterocycles. The van der Waals surface area contributed by atoms with Crippen molar-refractivity contribution in [2.75, 3.05) is 26.2 Å². The lowest BCUT2D eigenvalue weighted by atomic mass is 10.2. The van der Waals surface area contributed by atoms with Crippen LogP contribution in [0.15, 0.2) is 54.6 Å². The monoisotopic (exact) mass is 326 g/mol. The third-order valence-corrected chi connectivity index (χ3v) is 4.20. The van der Waals surface area contributed by atoms with Crippen LogP contribution in [0.4, 0.5) is 0 Å². The van der Waals surface area contributed by atoms with E-state index in [-0.39, 0.29) is 0 Å². The van der Waals surface area contributed by atoms with Gasteiger partial charge in [0.1, 0.15) is 12.4 Å². The van der Waals surface area contributed by atoms with Gasteiger partial charge in [-0.1, -0.05) is 56.3 Å². The van der Waals surface area contributed by atoms with Crippen LogP contribution in [0.25, 0.3) is 0 Å². The molecule has 0 bridgehead atoms. The second-order valence-electron chi connectivity index (χ2n) is 5.98. The van der Waals surface area contributed by atoms with Gasteiger partial charge in [-0.05, 0) is 55.9 Å². The Kier molecular flexibility index (Phi) is 8.36. The Hall–Kier alpha value is -1.84. The lowest BCUT2D eigenvalue weighted by Crippen LogP contribution is -2.27. The van der Waals surface area contributed by atoms with Crippen molar-refractivity contribution in [2.24, 2.45) is 0 Å². The third kappa shape index (κ3) is 6.73. The zero-order chi connectivity index (χ0) is 17.0. The molecule has 0 radical (unpaired) electrons. The lowest BCUT2D eigenvalue weighted by molar-refractivity contribution is 0.297. The maximum absolute atomic E-state index is 5.89. The summed E-state index contributed by atoms with van der Waals surface area (Å²) in [7, 11) is 0. The van der Waals surface area contributed by atoms with Gasteiger partial charge in [-0.15, -0.1) is 0 Å². The highest BCUT2D eigenvalue weighted by atomic mass is 16.5. The van der Waals surface area contributed by atoms with Crippen molar-refractivity contribution >= 4 is 0 Å². The van der Waals surface area contributed by atoms with Crippen LogP contribution < -0.4 is 10.1 Å². The number of hydrogen-bond acceptors (Lipinski definition) is 3. The Morgan fingerprint density at radius 3 is 2.42 bits per heavy atom. The van der Waals surface area contributed by atoms with E-state index in [0.29, 0.717) is 6.61 Å². The Morgan fingerprint density at radius 1 is 0.917 bits per heavy atom. The third-order valence-electron chi connectivity index (χ3n) is 4.20. The van der Waals surface area contributed by atoms with Crippen LogP contribution in [0.5, 0.6) is 5.75 Å². The first-order valence-corrected chi connectivity index (χ1v) is 9.00. The van der Waals surface area contributed by atoms with Crippen LogP contribution in [0.1, 0.15) is 31.4 Å². The minimum absolute atomic E-state index is 0.613. The quantitative estimate of drug-likeness (QED) is 0.630. The summed E-state index contributed by atoms with van der Waals surface area (Å²) in [6.45, 7) is 10.4. The van der Waals surface area contributed by atoms with Gasteiger partial charge in [0, 0.05) is 6.54 Å². The van der Waals surface area contributed by atoms with Crippen molar-refractivity contribution in [1.82, 2.24) is 10.2 Å². The van der Waals surface area contributed by atoms with E-state index in [2.05, 4.69) is 54.4 Å². The average Bonchev–Trinajstić information content (AvgIpc) is 2.64. The molecule has 0 heterocycles. The zero-order valence-corrected chi connectivity index (χ0v) is 15.0. The maximum atomic E-state index is 5.89. The molecule has 3 nitrogen and oxygen atoms in total. The molecule has 130 valence electrons. The minimum Gasteiger partial charge on any atom is -0.489 e. The molecule has 2 aromatic carbocycles. The molecule has 0 saturated heterocycles. The predicted octanol–water partition coefficient (Wildman–Crippen LogP) is 4.09. The van der Waals surface area contributed by atoms with Crippen LogP contribution in [0.3, 0.4) is 0 Å². The van der Waals surface area contributed by atoms with Gasteiger partial charge in [-0.3, -0.25) is 0 Å². The van der Waals surface area contributed by atoms with E-state index in [0.717, 1.165) is 31.9 Å². The number of rotatable bonds is 11. The van der Waals surface area contributed by atoms with Crippen LogP contribution in [0, 0.1) is 0 Å². The zero-order valence-electron chi connectivity index (χ0n) is 15.0. The van der Waals surface area contributed by atoms with Crippen LogP contribution >= 0.6 is 0 Å². The van der Waals surface area contributed by atoms with Gasteiger partial charge < -0.3 is 15.0 Å². The molecule has 2 aromatic rings. The van der Waals surface area contributed by atoms with Gasteiger partial charge >= 0.3 is 0 Å². The van der Waals surface area contributed by atoms with Crippen molar-refractivity contribution < 1.29 is 4.74 Å². The minimum atomic E-state index is 0.613. The Morgan fingerprint density at radius 2 is 1.67 bits per heavy atom. The first-order valence-electron chi connectivity index (χ1n) is 9.00. The number of hydrogen-bond donors (Lipinski definition) is 1. The molecule has 0 spiro atoms. The van der Waals surface area contributed by atoms with Gasteiger partial charge in [-0.25, -0.2) is 0 Å². The second kappa shape index (κ2) is 10.8. The molecule has 0 atom stereocenters. The summed E-state index contributed by atoms with van der Waals surface area (Å²) in [6.07, 6.45) is 1.19. The van der Waals surface area contributed by atoms with Gasteiger partial charge in [0.2, 0.25) is 0 Å². The number of nitrogens with zero attached hydrogens (tertiary/aromatic N) is 1. The molecule has 0 unspecified atom stereocenters. The highest BCUT2D eigenvalue weighted by Gasteiger charge is 2.00. The first-order chi connectivity index (χ1) is 11.8. The molecular weight excluding hydrogens is 296 g/mol. The van der Waals surface area contributed by atoms with E-state index >= 15 is 0 Å². The van der Waals surface area contributed by atoms with E-state index in [1.807, 2.05) is 24.3 Å². The van der Waals surface area contributed by atoms with E-state index in [4.69, 9.17) is 4.74 Å². The van der Waals surface area contributed by atoms with Gasteiger partial charge in [0.15, 0.2) is 0 Å². The summed E-state index contributed by atoms with van der Waals surface area (Å²) < 4.78 is 5.89. The largest absolute Gasteiger partial charge is 0.489 e. The van der Waals surface area contributed by atoms with Crippen molar-refractivity contribution in [3.8, 4) is 5.75 Å². The normalized spacial score (nSPS) is 11.0. The standard InChI is InChI=1S/C21H30N2O/c1-3-23(4-2)15-9-14-22-17-20-12-8-13-21(16-20)24-18-19-10-6-5-7-11-19/h5-8,10-13,16,22H,3-4,9,14-15,17-18H2,1-2H3. The molecule has 24 heavy (non-hydrogen) atoms. The Bertz CT molecular complexity index is 567. The lowest BCUT2D eigenvalue weighted by Gasteiger charge is -2.17. The average molecular weight is 326 g/mol. The molecule has 3 heteroatoms. The number of benzene rings is 2. The van der Waals surface area contributed by atoms with Crippen molar-refractivity contribution in [1.29, 1.82) is 0 Å². The van der Waals surface area contributed by atoms with E-state index in [1.165, 1.54) is 24.1 Å². The summed E-state index contributed by atoms with van der Waals surface area (Å²) in [6, 6.07) is 18.6. The fraction of sp³-hybridized carbons (Fsp3) is 0.429. The van der Waals surface area contributed by atoms with Gasteiger partial charge in [-0.2, -0.15) is 0 Å². The van der Waals surface area contributed by atoms with Crippen molar-refractivity contribution in [3.05, 3.63) is 65.7 Å². The SMILES string of the molecule is CCN(CC)CCCNCc1cccc(OCc2ccccc2)c1. The Balaban J connectivity index is 1.70. The summed E-state index contributed by atoms with van der Waals surface area (Å²) in [4.78, 5) is 2.46. The summed E-state index contributed by atoms with van der Waals surface area (Å²) in [5.74, 6) is 0.932. The van der Waals surface area contributed by atoms with Gasteiger partial charge in [0.25, 0.3) is 0 Å². The topological polar surface area (TPSA) is 24.5 Å². The molecule has 0 aliphatic heterocycles. The van der Waals surface area contributed by atoms with Crippen LogP contribution in [0.2, 0.25) is 0 Å². The summed E-state index contributed by atoms with van der Waals surface area (Å²) in [5.41, 5.74) is 2.46. The van der Waals surface area contributed by atoms with Crippen molar-refractivity contribution in [2.45, 2.75) is 33.4 Å². The molecular formula is C21H30N2O. The van der Waals surface area contributed by atoms with Crippen LogP contribution in [-0.2, 0) is 13.2 Å². The van der Waals surface area contributed by atoms with Crippen LogP contribution in [-0.4, -0.2) is 31.1 Å². The highest BCUT2D eigenvalue weighted by Crippen LogP contribution is 2.15. The molecule has 0 aliphatic rings. The molecule has 1 N–H and O–H groups in total. The first kappa shape index (κ1) is 18.5. The smallest absolute Gasteiger partial charge is 0.120 e. The summed E-state index contributed by atoms with van der Waals surface area (Å²) in [5, 5.41) is 3.52.